The highest BCUT2D eigenvalue weighted by Crippen LogP contribution is 2.13. The molecule has 0 amide bonds. The van der Waals surface area contributed by atoms with Crippen molar-refractivity contribution in [2.45, 2.75) is 90.4 Å². The van der Waals surface area contributed by atoms with E-state index in [1.54, 1.807) is 0 Å². The largest absolute Gasteiger partial charge is 0.192 e. The van der Waals surface area contributed by atoms with Gasteiger partial charge in [-0.3, -0.25) is 0 Å². The van der Waals surface area contributed by atoms with Crippen LogP contribution in [0.5, 0.6) is 0 Å². The van der Waals surface area contributed by atoms with Crippen LogP contribution in [-0.2, 0) is 0 Å². The molecule has 0 aliphatic carbocycles. The maximum Gasteiger partial charge on any atom is 0.101 e. The van der Waals surface area contributed by atoms with Crippen molar-refractivity contribution < 1.29 is 0 Å². The fraction of sp³-hybridized carbons (Fsp3) is 0.538. The minimum absolute atomic E-state index is 0.0917. The van der Waals surface area contributed by atoms with E-state index in [2.05, 4.69) is 13.5 Å². The molecule has 1 aromatic rings. The molecule has 1 aromatic carbocycles. The topological polar surface area (TPSA) is 95.2 Å². The average Bonchev–Trinajstić information content (AvgIpc) is 2.76. The van der Waals surface area contributed by atoms with Crippen LogP contribution in [-0.4, -0.2) is 0 Å². The lowest BCUT2D eigenvalue weighted by molar-refractivity contribution is 0.545. The lowest BCUT2D eigenvalue weighted by atomic mass is 9.94. The standard InChI is InChI=1S/C26H32N4/c1-3-4-5-6-7-8-9-10-11-12-13-14-15-16-22-25(19-29)23(17-27)21(2)24(18-28)26(22)20-30/h16H,2-15H2,1H3. The van der Waals surface area contributed by atoms with Gasteiger partial charge in [0.2, 0.25) is 0 Å². The van der Waals surface area contributed by atoms with Crippen LogP contribution in [0.3, 0.4) is 0 Å². The molecule has 0 fully saturated rings. The van der Waals surface area contributed by atoms with E-state index in [-0.39, 0.29) is 27.5 Å². The van der Waals surface area contributed by atoms with Gasteiger partial charge in [0.15, 0.2) is 0 Å². The van der Waals surface area contributed by atoms with Crippen LogP contribution in [0, 0.1) is 45.3 Å². The van der Waals surface area contributed by atoms with Crippen LogP contribution in [0.25, 0.3) is 12.7 Å². The van der Waals surface area contributed by atoms with Crippen LogP contribution < -0.4 is 10.4 Å². The van der Waals surface area contributed by atoms with Crippen molar-refractivity contribution >= 4 is 12.7 Å². The molecule has 4 heteroatoms. The number of unbranched alkanes of at least 4 members (excludes halogenated alkanes) is 12. The molecule has 0 radical (unpaired) electrons. The summed E-state index contributed by atoms with van der Waals surface area (Å²) < 4.78 is 0. The Balaban J connectivity index is 2.56. The van der Waals surface area contributed by atoms with Crippen LogP contribution in [0.4, 0.5) is 0 Å². The molecule has 0 N–H and O–H groups in total. The minimum Gasteiger partial charge on any atom is -0.192 e. The van der Waals surface area contributed by atoms with Crippen molar-refractivity contribution in [2.75, 3.05) is 0 Å². The summed E-state index contributed by atoms with van der Waals surface area (Å²) in [6.45, 7) is 5.97. The summed E-state index contributed by atoms with van der Waals surface area (Å²) in [6.07, 6.45) is 17.7. The quantitative estimate of drug-likeness (QED) is 0.411. The Morgan fingerprint density at radius 1 is 0.600 bits per heavy atom. The Bertz CT molecular complexity index is 902. The second kappa shape index (κ2) is 14.9. The van der Waals surface area contributed by atoms with Gasteiger partial charge in [-0.1, -0.05) is 90.2 Å². The molecule has 0 saturated carbocycles. The molecule has 0 aliphatic rings. The predicted molar refractivity (Wildman–Crippen MR) is 120 cm³/mol. The highest BCUT2D eigenvalue weighted by molar-refractivity contribution is 5.61. The van der Waals surface area contributed by atoms with E-state index < -0.39 is 0 Å². The van der Waals surface area contributed by atoms with Gasteiger partial charge in [0.05, 0.1) is 22.3 Å². The lowest BCUT2D eigenvalue weighted by Crippen LogP contribution is -2.25. The molecule has 0 heterocycles. The summed E-state index contributed by atoms with van der Waals surface area (Å²) in [7, 11) is 0. The molecule has 0 aromatic heterocycles. The highest BCUT2D eigenvalue weighted by atomic mass is 14.3. The van der Waals surface area contributed by atoms with E-state index in [1.807, 2.05) is 30.4 Å². The van der Waals surface area contributed by atoms with Gasteiger partial charge in [-0.05, 0) is 12.8 Å². The molecule has 0 bridgehead atoms. The van der Waals surface area contributed by atoms with E-state index in [0.717, 1.165) is 12.8 Å². The van der Waals surface area contributed by atoms with Crippen molar-refractivity contribution in [3.05, 3.63) is 32.7 Å². The van der Waals surface area contributed by atoms with Crippen LogP contribution in [0.2, 0.25) is 0 Å². The SMILES string of the molecule is C=c1c(C#N)c(C#N)c(=CCCCCCCCCCCCCCC)c(C#N)c1C#N. The first-order valence-corrected chi connectivity index (χ1v) is 11.2. The fourth-order valence-corrected chi connectivity index (χ4v) is 3.74. The number of rotatable bonds is 13. The second-order valence-corrected chi connectivity index (χ2v) is 7.72. The zero-order chi connectivity index (χ0) is 22.2. The number of hydrogen-bond donors (Lipinski definition) is 0. The Labute approximate surface area is 181 Å². The smallest absolute Gasteiger partial charge is 0.101 e. The number of benzene rings is 1. The van der Waals surface area contributed by atoms with Gasteiger partial charge in [0.25, 0.3) is 0 Å². The van der Waals surface area contributed by atoms with E-state index in [4.69, 9.17) is 0 Å². The Morgan fingerprint density at radius 3 is 1.33 bits per heavy atom. The lowest BCUT2D eigenvalue weighted by Gasteiger charge is -2.04. The average molecular weight is 401 g/mol. The third-order valence-electron chi connectivity index (χ3n) is 5.50. The summed E-state index contributed by atoms with van der Waals surface area (Å²) in [5.41, 5.74) is 0.483. The minimum atomic E-state index is 0.0917. The first-order chi connectivity index (χ1) is 14.7. The van der Waals surface area contributed by atoms with Crippen molar-refractivity contribution in [3.63, 3.8) is 0 Å². The first kappa shape index (κ1) is 25.0. The van der Waals surface area contributed by atoms with E-state index in [1.165, 1.54) is 64.2 Å². The van der Waals surface area contributed by atoms with Crippen LogP contribution >= 0.6 is 0 Å². The van der Waals surface area contributed by atoms with E-state index >= 15 is 0 Å². The molecular formula is C26H32N4. The molecule has 0 atom stereocenters. The molecule has 156 valence electrons. The summed E-state index contributed by atoms with van der Waals surface area (Å²) in [4.78, 5) is 0. The van der Waals surface area contributed by atoms with E-state index in [9.17, 15) is 21.0 Å². The summed E-state index contributed by atoms with van der Waals surface area (Å²) in [5, 5.41) is 38.3. The Kier molecular flexibility index (Phi) is 12.4. The molecule has 0 spiro atoms. The monoisotopic (exact) mass is 400 g/mol. The maximum atomic E-state index is 9.50. The number of hydrogen-bond acceptors (Lipinski definition) is 4. The molecule has 0 saturated heterocycles. The third-order valence-corrected chi connectivity index (χ3v) is 5.50. The molecule has 0 aliphatic heterocycles. The first-order valence-electron chi connectivity index (χ1n) is 11.2. The van der Waals surface area contributed by atoms with E-state index in [0.29, 0.717) is 11.6 Å². The van der Waals surface area contributed by atoms with Gasteiger partial charge < -0.3 is 0 Å². The third kappa shape index (κ3) is 7.39. The normalized spacial score (nSPS) is 9.90. The zero-order valence-electron chi connectivity index (χ0n) is 18.3. The summed E-state index contributed by atoms with van der Waals surface area (Å²) in [6, 6.07) is 7.98. The Hall–Kier alpha value is -3.08. The molecular weight excluding hydrogens is 368 g/mol. The fourth-order valence-electron chi connectivity index (χ4n) is 3.74. The van der Waals surface area contributed by atoms with Crippen molar-refractivity contribution in [1.29, 1.82) is 21.0 Å². The highest BCUT2D eigenvalue weighted by Gasteiger charge is 2.15. The van der Waals surface area contributed by atoms with Gasteiger partial charge in [0.1, 0.15) is 24.3 Å². The number of nitriles is 4. The van der Waals surface area contributed by atoms with Gasteiger partial charge in [-0.15, -0.1) is 0 Å². The van der Waals surface area contributed by atoms with Gasteiger partial charge in [-0.25, -0.2) is 0 Å². The molecule has 4 nitrogen and oxygen atoms in total. The maximum absolute atomic E-state index is 9.50. The van der Waals surface area contributed by atoms with Crippen LogP contribution in [0.1, 0.15) is 113 Å². The Morgan fingerprint density at radius 2 is 0.967 bits per heavy atom. The van der Waals surface area contributed by atoms with Crippen LogP contribution in [0.15, 0.2) is 0 Å². The van der Waals surface area contributed by atoms with Crippen molar-refractivity contribution in [2.24, 2.45) is 0 Å². The van der Waals surface area contributed by atoms with Gasteiger partial charge in [0, 0.05) is 10.4 Å². The van der Waals surface area contributed by atoms with Gasteiger partial charge >= 0.3 is 0 Å². The second-order valence-electron chi connectivity index (χ2n) is 7.72. The number of nitrogens with zero attached hydrogens (tertiary/aromatic N) is 4. The zero-order valence-corrected chi connectivity index (χ0v) is 18.3. The van der Waals surface area contributed by atoms with Crippen molar-refractivity contribution in [3.8, 4) is 24.3 Å². The predicted octanol–water partition coefficient (Wildman–Crippen LogP) is 5.46. The van der Waals surface area contributed by atoms with Gasteiger partial charge in [-0.2, -0.15) is 21.0 Å². The molecule has 30 heavy (non-hydrogen) atoms. The summed E-state index contributed by atoms with van der Waals surface area (Å²) in [5.74, 6) is 0. The molecule has 1 rings (SSSR count). The van der Waals surface area contributed by atoms with Crippen molar-refractivity contribution in [1.82, 2.24) is 0 Å². The molecule has 0 unspecified atom stereocenters. The summed E-state index contributed by atoms with van der Waals surface area (Å²) >= 11 is 0.